The molecule has 0 atom stereocenters. The van der Waals surface area contributed by atoms with Crippen molar-refractivity contribution in [1.82, 2.24) is 4.98 Å². The van der Waals surface area contributed by atoms with Gasteiger partial charge in [0.25, 0.3) is 0 Å². The molecule has 1 aromatic rings. The highest BCUT2D eigenvalue weighted by molar-refractivity contribution is 6.33. The summed E-state index contributed by atoms with van der Waals surface area (Å²) in [6, 6.07) is 1.26. The quantitative estimate of drug-likeness (QED) is 0.660. The van der Waals surface area contributed by atoms with E-state index in [9.17, 15) is 14.9 Å². The SMILES string of the molecule is CC(C)(C)OC(=O)Nc1nccc(Cl)c1[N+](=O)[O-]. The summed E-state index contributed by atoms with van der Waals surface area (Å²) in [6.07, 6.45) is 0.419. The first kappa shape index (κ1) is 14.2. The van der Waals surface area contributed by atoms with Gasteiger partial charge in [-0.1, -0.05) is 11.6 Å². The molecule has 1 N–H and O–H groups in total. The Morgan fingerprint density at radius 2 is 2.17 bits per heavy atom. The zero-order valence-corrected chi connectivity index (χ0v) is 10.8. The first-order chi connectivity index (χ1) is 8.20. The fraction of sp³-hybridized carbons (Fsp3) is 0.400. The molecule has 8 heteroatoms. The van der Waals surface area contributed by atoms with Crippen LogP contribution in [0, 0.1) is 10.1 Å². The number of ether oxygens (including phenoxy) is 1. The van der Waals surface area contributed by atoms with Crippen LogP contribution in [0.4, 0.5) is 16.3 Å². The zero-order valence-electron chi connectivity index (χ0n) is 10.1. The van der Waals surface area contributed by atoms with Gasteiger partial charge in [0.05, 0.1) is 4.92 Å². The number of aromatic nitrogens is 1. The lowest BCUT2D eigenvalue weighted by atomic mass is 10.2. The van der Waals surface area contributed by atoms with Crippen LogP contribution >= 0.6 is 11.6 Å². The number of nitrogens with one attached hydrogen (secondary N) is 1. The van der Waals surface area contributed by atoms with Crippen molar-refractivity contribution >= 4 is 29.2 Å². The lowest BCUT2D eigenvalue weighted by Gasteiger charge is -2.19. The second-order valence-corrected chi connectivity index (χ2v) is 4.78. The first-order valence-corrected chi connectivity index (χ1v) is 5.37. The minimum Gasteiger partial charge on any atom is -0.444 e. The van der Waals surface area contributed by atoms with Crippen molar-refractivity contribution in [2.45, 2.75) is 26.4 Å². The fourth-order valence-corrected chi connectivity index (χ4v) is 1.31. The number of anilines is 1. The molecule has 98 valence electrons. The van der Waals surface area contributed by atoms with Gasteiger partial charge in [0.1, 0.15) is 10.6 Å². The van der Waals surface area contributed by atoms with Crippen LogP contribution in [-0.4, -0.2) is 21.6 Å². The van der Waals surface area contributed by atoms with Gasteiger partial charge in [-0.25, -0.2) is 9.78 Å². The number of carbonyl (C=O) groups is 1. The van der Waals surface area contributed by atoms with Gasteiger partial charge >= 0.3 is 11.8 Å². The lowest BCUT2D eigenvalue weighted by Crippen LogP contribution is -2.27. The number of nitrogens with zero attached hydrogens (tertiary/aromatic N) is 2. The van der Waals surface area contributed by atoms with E-state index in [1.54, 1.807) is 20.8 Å². The Hall–Kier alpha value is -1.89. The van der Waals surface area contributed by atoms with E-state index in [0.29, 0.717) is 0 Å². The summed E-state index contributed by atoms with van der Waals surface area (Å²) in [5.74, 6) is -0.248. The monoisotopic (exact) mass is 273 g/mol. The first-order valence-electron chi connectivity index (χ1n) is 4.99. The number of amides is 1. The summed E-state index contributed by atoms with van der Waals surface area (Å²) in [7, 11) is 0. The average molecular weight is 274 g/mol. The van der Waals surface area contributed by atoms with Crippen LogP contribution in [0.15, 0.2) is 12.3 Å². The maximum atomic E-state index is 11.5. The minimum absolute atomic E-state index is 0.110. The van der Waals surface area contributed by atoms with E-state index in [1.807, 2.05) is 0 Å². The molecule has 1 heterocycles. The highest BCUT2D eigenvalue weighted by Gasteiger charge is 2.24. The van der Waals surface area contributed by atoms with Crippen LogP contribution in [0.5, 0.6) is 0 Å². The number of carbonyl (C=O) groups excluding carboxylic acids is 1. The summed E-state index contributed by atoms with van der Waals surface area (Å²) < 4.78 is 4.96. The summed E-state index contributed by atoms with van der Waals surface area (Å²) in [5, 5.41) is 12.9. The Bertz CT molecular complexity index is 485. The van der Waals surface area contributed by atoms with Crippen molar-refractivity contribution in [3.8, 4) is 0 Å². The van der Waals surface area contributed by atoms with Crippen molar-refractivity contribution in [3.05, 3.63) is 27.4 Å². The maximum absolute atomic E-state index is 11.5. The van der Waals surface area contributed by atoms with Crippen LogP contribution in [0.25, 0.3) is 0 Å². The summed E-state index contributed by atoms with van der Waals surface area (Å²) in [6.45, 7) is 5.02. The van der Waals surface area contributed by atoms with E-state index in [1.165, 1.54) is 12.3 Å². The van der Waals surface area contributed by atoms with Gasteiger partial charge in [-0.3, -0.25) is 15.4 Å². The van der Waals surface area contributed by atoms with Gasteiger partial charge in [-0.2, -0.15) is 0 Å². The normalized spacial score (nSPS) is 10.9. The van der Waals surface area contributed by atoms with Gasteiger partial charge in [0, 0.05) is 6.20 Å². The second-order valence-electron chi connectivity index (χ2n) is 4.37. The van der Waals surface area contributed by atoms with Crippen molar-refractivity contribution < 1.29 is 14.5 Å². The molecular formula is C10H12ClN3O4. The third-order valence-corrected chi connectivity index (χ3v) is 1.98. The smallest absolute Gasteiger partial charge is 0.413 e. The largest absolute Gasteiger partial charge is 0.444 e. The topological polar surface area (TPSA) is 94.4 Å². The van der Waals surface area contributed by atoms with Crippen LogP contribution < -0.4 is 5.32 Å². The molecule has 1 rings (SSSR count). The molecule has 0 spiro atoms. The van der Waals surface area contributed by atoms with Gasteiger partial charge in [0.15, 0.2) is 0 Å². The Balaban J connectivity index is 2.95. The average Bonchev–Trinajstić information content (AvgIpc) is 2.13. The third-order valence-electron chi connectivity index (χ3n) is 1.68. The van der Waals surface area contributed by atoms with E-state index in [-0.39, 0.29) is 10.8 Å². The highest BCUT2D eigenvalue weighted by atomic mass is 35.5. The molecule has 0 aliphatic heterocycles. The van der Waals surface area contributed by atoms with Crippen molar-refractivity contribution in [3.63, 3.8) is 0 Å². The number of pyridine rings is 1. The lowest BCUT2D eigenvalue weighted by molar-refractivity contribution is -0.384. The molecule has 0 aromatic carbocycles. The van der Waals surface area contributed by atoms with Gasteiger partial charge < -0.3 is 4.74 Å². The minimum atomic E-state index is -0.833. The van der Waals surface area contributed by atoms with E-state index in [2.05, 4.69) is 10.3 Å². The van der Waals surface area contributed by atoms with E-state index in [4.69, 9.17) is 16.3 Å². The molecule has 0 unspecified atom stereocenters. The van der Waals surface area contributed by atoms with E-state index in [0.717, 1.165) is 0 Å². The molecule has 0 radical (unpaired) electrons. The molecule has 1 amide bonds. The molecule has 0 aliphatic rings. The Morgan fingerprint density at radius 3 is 2.67 bits per heavy atom. The van der Waals surface area contributed by atoms with Crippen LogP contribution in [0.1, 0.15) is 20.8 Å². The maximum Gasteiger partial charge on any atom is 0.413 e. The molecule has 18 heavy (non-hydrogen) atoms. The standard InChI is InChI=1S/C10H12ClN3O4/c1-10(2,3)18-9(15)13-8-7(14(16)17)6(11)4-5-12-8/h4-5H,1-3H3,(H,12,13,15). The summed E-state index contributed by atoms with van der Waals surface area (Å²) in [5.41, 5.74) is -1.18. The Kier molecular flexibility index (Phi) is 4.07. The second kappa shape index (κ2) is 5.18. The van der Waals surface area contributed by atoms with Crippen LogP contribution in [0.2, 0.25) is 5.02 Å². The Morgan fingerprint density at radius 1 is 1.56 bits per heavy atom. The Labute approximate surface area is 108 Å². The van der Waals surface area contributed by atoms with Crippen molar-refractivity contribution in [1.29, 1.82) is 0 Å². The van der Waals surface area contributed by atoms with Crippen LogP contribution in [0.3, 0.4) is 0 Å². The number of rotatable bonds is 2. The molecule has 0 aliphatic carbocycles. The number of nitro groups is 1. The molecule has 0 bridgehead atoms. The van der Waals surface area contributed by atoms with Gasteiger partial charge in [0.2, 0.25) is 5.82 Å². The molecule has 0 saturated carbocycles. The fourth-order valence-electron chi connectivity index (χ4n) is 1.10. The number of hydrogen-bond donors (Lipinski definition) is 1. The summed E-state index contributed by atoms with van der Waals surface area (Å²) in [4.78, 5) is 25.2. The summed E-state index contributed by atoms with van der Waals surface area (Å²) >= 11 is 5.67. The molecule has 7 nitrogen and oxygen atoms in total. The molecular weight excluding hydrogens is 262 g/mol. The highest BCUT2D eigenvalue weighted by Crippen LogP contribution is 2.30. The van der Waals surface area contributed by atoms with E-state index < -0.39 is 22.3 Å². The van der Waals surface area contributed by atoms with Crippen molar-refractivity contribution in [2.75, 3.05) is 5.32 Å². The van der Waals surface area contributed by atoms with Gasteiger partial charge in [-0.05, 0) is 26.8 Å². The van der Waals surface area contributed by atoms with Crippen molar-refractivity contribution in [2.24, 2.45) is 0 Å². The predicted octanol–water partition coefficient (Wildman–Crippen LogP) is 2.99. The van der Waals surface area contributed by atoms with E-state index >= 15 is 0 Å². The van der Waals surface area contributed by atoms with Crippen LogP contribution in [-0.2, 0) is 4.74 Å². The predicted molar refractivity (Wildman–Crippen MR) is 65.8 cm³/mol. The molecule has 1 aromatic heterocycles. The third kappa shape index (κ3) is 3.85. The molecule has 0 fully saturated rings. The number of hydrogen-bond acceptors (Lipinski definition) is 5. The molecule has 0 saturated heterocycles. The van der Waals surface area contributed by atoms with Gasteiger partial charge in [-0.15, -0.1) is 0 Å². The number of halogens is 1. The zero-order chi connectivity index (χ0) is 13.9.